The molecule has 1 amide bonds. The summed E-state index contributed by atoms with van der Waals surface area (Å²) in [4.78, 5) is 18.3. The van der Waals surface area contributed by atoms with Crippen molar-refractivity contribution in [3.05, 3.63) is 52.5 Å². The molecule has 0 unspecified atom stereocenters. The lowest BCUT2D eigenvalue weighted by Crippen LogP contribution is -2.31. The standard InChI is InChI=1S/C15H18N2O2S/c1-19-9-2-8-17(11-13-3-6-16-7-4-13)15(18)14-5-10-20-12-14/h3-7,10,12H,2,8-9,11H2,1H3. The van der Waals surface area contributed by atoms with Crippen LogP contribution in [-0.2, 0) is 11.3 Å². The van der Waals surface area contributed by atoms with Gasteiger partial charge in [-0.3, -0.25) is 9.78 Å². The van der Waals surface area contributed by atoms with E-state index in [1.54, 1.807) is 19.5 Å². The molecule has 0 aliphatic carbocycles. The maximum absolute atomic E-state index is 12.5. The fraction of sp³-hybridized carbons (Fsp3) is 0.333. The molecular formula is C15H18N2O2S. The Morgan fingerprint density at radius 3 is 2.80 bits per heavy atom. The highest BCUT2D eigenvalue weighted by Gasteiger charge is 2.16. The Bertz CT molecular complexity index is 514. The minimum Gasteiger partial charge on any atom is -0.385 e. The number of thiophene rings is 1. The summed E-state index contributed by atoms with van der Waals surface area (Å²) in [6.45, 7) is 1.94. The molecule has 0 atom stereocenters. The molecule has 5 heteroatoms. The monoisotopic (exact) mass is 290 g/mol. The second kappa shape index (κ2) is 7.77. The zero-order chi connectivity index (χ0) is 14.2. The number of methoxy groups -OCH3 is 1. The molecule has 0 radical (unpaired) electrons. The highest BCUT2D eigenvalue weighted by atomic mass is 32.1. The Labute approximate surface area is 123 Å². The molecule has 0 aliphatic rings. The van der Waals surface area contributed by atoms with Crippen LogP contribution in [-0.4, -0.2) is 36.1 Å². The van der Waals surface area contributed by atoms with Crippen LogP contribution < -0.4 is 0 Å². The van der Waals surface area contributed by atoms with Crippen LogP contribution in [0.3, 0.4) is 0 Å². The van der Waals surface area contributed by atoms with Crippen molar-refractivity contribution in [3.63, 3.8) is 0 Å². The van der Waals surface area contributed by atoms with Crippen LogP contribution in [0, 0.1) is 0 Å². The summed E-state index contributed by atoms with van der Waals surface area (Å²) in [7, 11) is 1.67. The van der Waals surface area contributed by atoms with Crippen LogP contribution in [0.5, 0.6) is 0 Å². The molecule has 4 nitrogen and oxygen atoms in total. The van der Waals surface area contributed by atoms with Crippen molar-refractivity contribution in [2.24, 2.45) is 0 Å². The molecule has 2 aromatic rings. The number of pyridine rings is 1. The Hall–Kier alpha value is -1.72. The van der Waals surface area contributed by atoms with Crippen molar-refractivity contribution in [2.75, 3.05) is 20.3 Å². The van der Waals surface area contributed by atoms with Gasteiger partial charge in [-0.2, -0.15) is 11.3 Å². The molecule has 2 rings (SSSR count). The summed E-state index contributed by atoms with van der Waals surface area (Å²) < 4.78 is 5.07. The highest BCUT2D eigenvalue weighted by Crippen LogP contribution is 2.13. The lowest BCUT2D eigenvalue weighted by Gasteiger charge is -2.22. The quantitative estimate of drug-likeness (QED) is 0.736. The topological polar surface area (TPSA) is 42.4 Å². The number of nitrogens with zero attached hydrogens (tertiary/aromatic N) is 2. The molecule has 0 fully saturated rings. The molecule has 0 aliphatic heterocycles. The van der Waals surface area contributed by atoms with E-state index in [1.165, 1.54) is 11.3 Å². The minimum atomic E-state index is 0.0687. The predicted molar refractivity (Wildman–Crippen MR) is 79.8 cm³/mol. The van der Waals surface area contributed by atoms with Gasteiger partial charge in [-0.05, 0) is 35.6 Å². The fourth-order valence-electron chi connectivity index (χ4n) is 1.93. The van der Waals surface area contributed by atoms with Crippen LogP contribution in [0.25, 0.3) is 0 Å². The maximum atomic E-state index is 12.5. The molecule has 0 saturated heterocycles. The molecular weight excluding hydrogens is 272 g/mol. The van der Waals surface area contributed by atoms with E-state index in [0.717, 1.165) is 17.5 Å². The third-order valence-corrected chi connectivity index (χ3v) is 3.64. The maximum Gasteiger partial charge on any atom is 0.254 e. The van der Waals surface area contributed by atoms with Gasteiger partial charge < -0.3 is 9.64 Å². The molecule has 2 aromatic heterocycles. The van der Waals surface area contributed by atoms with Crippen LogP contribution >= 0.6 is 11.3 Å². The molecule has 0 aromatic carbocycles. The lowest BCUT2D eigenvalue weighted by molar-refractivity contribution is 0.0724. The SMILES string of the molecule is COCCCN(Cc1ccncc1)C(=O)c1ccsc1. The number of hydrogen-bond donors (Lipinski definition) is 0. The first-order valence-electron chi connectivity index (χ1n) is 6.50. The largest absolute Gasteiger partial charge is 0.385 e. The molecule has 2 heterocycles. The van der Waals surface area contributed by atoms with Crippen LogP contribution in [0.1, 0.15) is 22.3 Å². The highest BCUT2D eigenvalue weighted by molar-refractivity contribution is 7.08. The zero-order valence-electron chi connectivity index (χ0n) is 11.5. The van der Waals surface area contributed by atoms with Gasteiger partial charge in [0.25, 0.3) is 5.91 Å². The van der Waals surface area contributed by atoms with Gasteiger partial charge in [0.15, 0.2) is 0 Å². The molecule has 0 spiro atoms. The van der Waals surface area contributed by atoms with E-state index < -0.39 is 0 Å². The molecule has 0 N–H and O–H groups in total. The van der Waals surface area contributed by atoms with Crippen molar-refractivity contribution in [3.8, 4) is 0 Å². The van der Waals surface area contributed by atoms with E-state index >= 15 is 0 Å². The first-order chi connectivity index (χ1) is 9.81. The normalized spacial score (nSPS) is 10.4. The number of aromatic nitrogens is 1. The van der Waals surface area contributed by atoms with Gasteiger partial charge in [0.2, 0.25) is 0 Å². The number of carbonyl (C=O) groups is 1. The summed E-state index contributed by atoms with van der Waals surface area (Å²) in [5, 5.41) is 3.81. The minimum absolute atomic E-state index is 0.0687. The Morgan fingerprint density at radius 1 is 1.35 bits per heavy atom. The average Bonchev–Trinajstić information content (AvgIpc) is 3.01. The van der Waals surface area contributed by atoms with Crippen molar-refractivity contribution >= 4 is 17.2 Å². The summed E-state index contributed by atoms with van der Waals surface area (Å²) in [5.41, 5.74) is 1.84. The van der Waals surface area contributed by atoms with Crippen molar-refractivity contribution < 1.29 is 9.53 Å². The van der Waals surface area contributed by atoms with Crippen LogP contribution in [0.2, 0.25) is 0 Å². The van der Waals surface area contributed by atoms with Gasteiger partial charge in [-0.15, -0.1) is 0 Å². The number of amides is 1. The van der Waals surface area contributed by atoms with E-state index in [4.69, 9.17) is 4.74 Å². The Kier molecular flexibility index (Phi) is 5.70. The molecule has 0 saturated carbocycles. The number of carbonyl (C=O) groups excluding carboxylic acids is 1. The molecule has 20 heavy (non-hydrogen) atoms. The van der Waals surface area contributed by atoms with Crippen LogP contribution in [0.15, 0.2) is 41.4 Å². The third kappa shape index (κ3) is 4.15. The number of ether oxygens (including phenoxy) is 1. The van der Waals surface area contributed by atoms with Gasteiger partial charge in [0, 0.05) is 44.6 Å². The average molecular weight is 290 g/mol. The predicted octanol–water partition coefficient (Wildman–Crippen LogP) is 2.82. The van der Waals surface area contributed by atoms with Gasteiger partial charge in [0.1, 0.15) is 0 Å². The molecule has 0 bridgehead atoms. The van der Waals surface area contributed by atoms with Crippen molar-refractivity contribution in [2.45, 2.75) is 13.0 Å². The Balaban J connectivity index is 2.06. The van der Waals surface area contributed by atoms with Gasteiger partial charge in [-0.1, -0.05) is 0 Å². The molecule has 106 valence electrons. The summed E-state index contributed by atoms with van der Waals surface area (Å²) in [6, 6.07) is 5.73. The van der Waals surface area contributed by atoms with E-state index in [2.05, 4.69) is 4.98 Å². The smallest absolute Gasteiger partial charge is 0.254 e. The number of rotatable bonds is 7. The van der Waals surface area contributed by atoms with E-state index in [9.17, 15) is 4.79 Å². The van der Waals surface area contributed by atoms with Gasteiger partial charge >= 0.3 is 0 Å². The van der Waals surface area contributed by atoms with E-state index in [0.29, 0.717) is 19.7 Å². The Morgan fingerprint density at radius 2 is 2.15 bits per heavy atom. The summed E-state index contributed by atoms with van der Waals surface area (Å²) in [6.07, 6.45) is 4.33. The van der Waals surface area contributed by atoms with E-state index in [-0.39, 0.29) is 5.91 Å². The third-order valence-electron chi connectivity index (χ3n) is 2.95. The van der Waals surface area contributed by atoms with E-state index in [1.807, 2.05) is 33.9 Å². The van der Waals surface area contributed by atoms with Crippen LogP contribution in [0.4, 0.5) is 0 Å². The summed E-state index contributed by atoms with van der Waals surface area (Å²) in [5.74, 6) is 0.0687. The zero-order valence-corrected chi connectivity index (χ0v) is 12.3. The van der Waals surface area contributed by atoms with Crippen molar-refractivity contribution in [1.82, 2.24) is 9.88 Å². The van der Waals surface area contributed by atoms with Crippen molar-refractivity contribution in [1.29, 1.82) is 0 Å². The lowest BCUT2D eigenvalue weighted by atomic mass is 10.2. The summed E-state index contributed by atoms with van der Waals surface area (Å²) >= 11 is 1.54. The van der Waals surface area contributed by atoms with Gasteiger partial charge in [0.05, 0.1) is 5.56 Å². The van der Waals surface area contributed by atoms with Gasteiger partial charge in [-0.25, -0.2) is 0 Å². The fourth-order valence-corrected chi connectivity index (χ4v) is 2.56. The first kappa shape index (κ1) is 14.7. The second-order valence-corrected chi connectivity index (χ2v) is 5.22. The number of hydrogen-bond acceptors (Lipinski definition) is 4. The second-order valence-electron chi connectivity index (χ2n) is 4.44. The first-order valence-corrected chi connectivity index (χ1v) is 7.45.